The summed E-state index contributed by atoms with van der Waals surface area (Å²) in [6.07, 6.45) is 0. The molecule has 0 amide bonds. The number of hydrogen-bond donors (Lipinski definition) is 0. The van der Waals surface area contributed by atoms with E-state index < -0.39 is 6.67 Å². The second-order valence-electron chi connectivity index (χ2n) is 3.84. The quantitative estimate of drug-likeness (QED) is 0.809. The molecule has 2 aromatic carbocycles. The normalized spacial score (nSPS) is 10.7. The van der Waals surface area contributed by atoms with E-state index in [0.717, 1.165) is 16.0 Å². The van der Waals surface area contributed by atoms with Gasteiger partial charge < -0.3 is 4.74 Å². The van der Waals surface area contributed by atoms with Crippen molar-refractivity contribution in [3.8, 4) is 5.75 Å². The lowest BCUT2D eigenvalue weighted by molar-refractivity contribution is 0.411. The Bertz CT molecular complexity index is 513. The van der Waals surface area contributed by atoms with Gasteiger partial charge >= 0.3 is 0 Å². The number of rotatable bonds is 4. The number of methoxy groups -OCH3 is 1. The molecule has 0 aliphatic rings. The van der Waals surface area contributed by atoms with Gasteiger partial charge in [-0.2, -0.15) is 0 Å². The highest BCUT2D eigenvalue weighted by Gasteiger charge is 2.15. The lowest BCUT2D eigenvalue weighted by atomic mass is 10.00. The van der Waals surface area contributed by atoms with Crippen LogP contribution in [0.2, 0.25) is 0 Å². The van der Waals surface area contributed by atoms with Crippen molar-refractivity contribution >= 4 is 15.9 Å². The minimum absolute atomic E-state index is 0.519. The first-order valence-electron chi connectivity index (χ1n) is 5.57. The molecule has 2 rings (SSSR count). The van der Waals surface area contributed by atoms with Crippen LogP contribution in [0, 0.1) is 4.83 Å². The van der Waals surface area contributed by atoms with E-state index in [4.69, 9.17) is 4.74 Å². The Morgan fingerprint density at radius 3 is 2.50 bits per heavy atom. The SMILES string of the molecule is COc1ccc([C](Br)c2ccccc2)c(CF)c1. The summed E-state index contributed by atoms with van der Waals surface area (Å²) in [6.45, 7) is -0.519. The first-order chi connectivity index (χ1) is 8.76. The molecule has 93 valence electrons. The molecule has 0 aromatic heterocycles. The molecule has 0 atom stereocenters. The van der Waals surface area contributed by atoms with Crippen molar-refractivity contribution in [2.24, 2.45) is 0 Å². The van der Waals surface area contributed by atoms with Crippen LogP contribution in [0.25, 0.3) is 0 Å². The number of hydrogen-bond acceptors (Lipinski definition) is 1. The van der Waals surface area contributed by atoms with Crippen LogP contribution in [0.4, 0.5) is 4.39 Å². The molecular weight excluding hydrogens is 295 g/mol. The summed E-state index contributed by atoms with van der Waals surface area (Å²) in [4.78, 5) is 0.887. The van der Waals surface area contributed by atoms with Crippen LogP contribution in [0.1, 0.15) is 16.7 Å². The number of alkyl halides is 1. The van der Waals surface area contributed by atoms with Crippen LogP contribution in [-0.4, -0.2) is 7.11 Å². The Morgan fingerprint density at radius 2 is 1.89 bits per heavy atom. The topological polar surface area (TPSA) is 9.23 Å². The van der Waals surface area contributed by atoms with Gasteiger partial charge in [-0.1, -0.05) is 52.3 Å². The van der Waals surface area contributed by atoms with E-state index in [9.17, 15) is 4.39 Å². The third-order valence-corrected chi connectivity index (χ3v) is 3.61. The predicted octanol–water partition coefficient (Wildman–Crippen LogP) is 4.49. The van der Waals surface area contributed by atoms with Crippen molar-refractivity contribution in [3.05, 3.63) is 70.0 Å². The zero-order valence-electron chi connectivity index (χ0n) is 9.99. The molecule has 18 heavy (non-hydrogen) atoms. The smallest absolute Gasteiger partial charge is 0.119 e. The Balaban J connectivity index is 2.38. The van der Waals surface area contributed by atoms with E-state index in [1.165, 1.54) is 0 Å². The molecule has 0 aliphatic carbocycles. The number of halogens is 2. The largest absolute Gasteiger partial charge is 0.497 e. The van der Waals surface area contributed by atoms with E-state index in [1.54, 1.807) is 13.2 Å². The van der Waals surface area contributed by atoms with Crippen molar-refractivity contribution in [3.63, 3.8) is 0 Å². The second kappa shape index (κ2) is 6.01. The van der Waals surface area contributed by atoms with Crippen molar-refractivity contribution < 1.29 is 9.13 Å². The molecule has 1 radical (unpaired) electrons. The van der Waals surface area contributed by atoms with E-state index in [2.05, 4.69) is 15.9 Å². The highest BCUT2D eigenvalue weighted by molar-refractivity contribution is 9.11. The number of benzene rings is 2. The summed E-state index contributed by atoms with van der Waals surface area (Å²) in [5, 5.41) is 0. The molecule has 0 aliphatic heterocycles. The minimum Gasteiger partial charge on any atom is -0.497 e. The Hall–Kier alpha value is -1.35. The van der Waals surface area contributed by atoms with Gasteiger partial charge in [0, 0.05) is 0 Å². The summed E-state index contributed by atoms with van der Waals surface area (Å²) in [7, 11) is 1.58. The van der Waals surface area contributed by atoms with Gasteiger partial charge in [-0.25, -0.2) is 4.39 Å². The second-order valence-corrected chi connectivity index (χ2v) is 4.63. The lowest BCUT2D eigenvalue weighted by Gasteiger charge is -2.14. The Morgan fingerprint density at radius 1 is 1.17 bits per heavy atom. The molecule has 0 bridgehead atoms. The summed E-state index contributed by atoms with van der Waals surface area (Å²) in [6, 6.07) is 15.2. The molecule has 0 spiro atoms. The molecule has 0 saturated carbocycles. The van der Waals surface area contributed by atoms with Gasteiger partial charge in [0.1, 0.15) is 12.4 Å². The molecule has 0 heterocycles. The summed E-state index contributed by atoms with van der Waals surface area (Å²) in [5.41, 5.74) is 2.49. The average Bonchev–Trinajstić information content (AvgIpc) is 2.46. The molecule has 0 saturated heterocycles. The van der Waals surface area contributed by atoms with Crippen LogP contribution in [0.3, 0.4) is 0 Å². The van der Waals surface area contributed by atoms with E-state index in [-0.39, 0.29) is 0 Å². The first kappa shape index (κ1) is 13.1. The number of ether oxygens (including phenoxy) is 1. The maximum Gasteiger partial charge on any atom is 0.119 e. The van der Waals surface area contributed by atoms with E-state index >= 15 is 0 Å². The average molecular weight is 308 g/mol. The summed E-state index contributed by atoms with van der Waals surface area (Å²) >= 11 is 3.54. The fraction of sp³-hybridized carbons (Fsp3) is 0.133. The van der Waals surface area contributed by atoms with Gasteiger partial charge in [-0.05, 0) is 28.8 Å². The Labute approximate surface area is 115 Å². The Kier molecular flexibility index (Phi) is 4.37. The van der Waals surface area contributed by atoms with Crippen LogP contribution in [0.15, 0.2) is 48.5 Å². The van der Waals surface area contributed by atoms with Crippen molar-refractivity contribution in [1.29, 1.82) is 0 Å². The molecule has 3 heteroatoms. The van der Waals surface area contributed by atoms with Crippen LogP contribution >= 0.6 is 15.9 Å². The summed E-state index contributed by atoms with van der Waals surface area (Å²) < 4.78 is 18.2. The zero-order chi connectivity index (χ0) is 13.0. The van der Waals surface area contributed by atoms with Crippen LogP contribution < -0.4 is 4.74 Å². The van der Waals surface area contributed by atoms with Gasteiger partial charge in [0.25, 0.3) is 0 Å². The standard InChI is InChI=1S/C15H13BrFO/c1-18-13-7-8-14(12(9-13)10-17)15(16)11-5-3-2-4-6-11/h2-9H,10H2,1H3. The predicted molar refractivity (Wildman–Crippen MR) is 74.6 cm³/mol. The van der Waals surface area contributed by atoms with Gasteiger partial charge in [0.05, 0.1) is 11.9 Å². The van der Waals surface area contributed by atoms with Gasteiger partial charge in [0.2, 0.25) is 0 Å². The highest BCUT2D eigenvalue weighted by atomic mass is 79.9. The monoisotopic (exact) mass is 307 g/mol. The van der Waals surface area contributed by atoms with Gasteiger partial charge in [-0.3, -0.25) is 0 Å². The van der Waals surface area contributed by atoms with Crippen LogP contribution in [-0.2, 0) is 6.67 Å². The zero-order valence-corrected chi connectivity index (χ0v) is 11.6. The van der Waals surface area contributed by atoms with Crippen molar-refractivity contribution in [1.82, 2.24) is 0 Å². The molecule has 0 fully saturated rings. The van der Waals surface area contributed by atoms with E-state index in [1.807, 2.05) is 42.5 Å². The van der Waals surface area contributed by atoms with Crippen molar-refractivity contribution in [2.75, 3.05) is 7.11 Å². The van der Waals surface area contributed by atoms with Crippen LogP contribution in [0.5, 0.6) is 5.75 Å². The maximum absolute atomic E-state index is 13.1. The lowest BCUT2D eigenvalue weighted by Crippen LogP contribution is -1.99. The fourth-order valence-electron chi connectivity index (χ4n) is 1.76. The highest BCUT2D eigenvalue weighted by Crippen LogP contribution is 2.33. The molecule has 0 unspecified atom stereocenters. The van der Waals surface area contributed by atoms with Gasteiger partial charge in [0.15, 0.2) is 0 Å². The van der Waals surface area contributed by atoms with Crippen molar-refractivity contribution in [2.45, 2.75) is 6.67 Å². The van der Waals surface area contributed by atoms with E-state index in [0.29, 0.717) is 11.3 Å². The fourth-order valence-corrected chi connectivity index (χ4v) is 2.41. The van der Waals surface area contributed by atoms with Gasteiger partial charge in [-0.15, -0.1) is 0 Å². The molecular formula is C15H13BrFO. The summed E-state index contributed by atoms with van der Waals surface area (Å²) in [5.74, 6) is 0.666. The minimum atomic E-state index is -0.519. The third-order valence-electron chi connectivity index (χ3n) is 2.72. The molecule has 1 nitrogen and oxygen atoms in total. The molecule has 2 aromatic rings. The first-order valence-corrected chi connectivity index (χ1v) is 6.36. The maximum atomic E-state index is 13.1. The molecule has 0 N–H and O–H groups in total. The third kappa shape index (κ3) is 2.72.